The highest BCUT2D eigenvalue weighted by Gasteiger charge is 2.18. The van der Waals surface area contributed by atoms with E-state index in [4.69, 9.17) is 0 Å². The molecule has 0 atom stereocenters. The van der Waals surface area contributed by atoms with Crippen molar-refractivity contribution in [1.29, 1.82) is 0 Å². The second-order valence-corrected chi connectivity index (χ2v) is 7.06. The highest BCUT2D eigenvalue weighted by Crippen LogP contribution is 2.43. The van der Waals surface area contributed by atoms with Crippen molar-refractivity contribution in [3.8, 4) is 45.0 Å². The van der Waals surface area contributed by atoms with Crippen LogP contribution in [-0.2, 0) is 0 Å². The third-order valence-electron chi connectivity index (χ3n) is 5.22. The van der Waals surface area contributed by atoms with Crippen LogP contribution >= 0.6 is 0 Å². The largest absolute Gasteiger partial charge is 0.508 e. The average molecular weight is 377 g/mol. The summed E-state index contributed by atoms with van der Waals surface area (Å²) in [5, 5.41) is 20.6. The first-order valence-corrected chi connectivity index (χ1v) is 9.49. The van der Waals surface area contributed by atoms with Gasteiger partial charge in [-0.15, -0.1) is 0 Å². The van der Waals surface area contributed by atoms with Crippen molar-refractivity contribution in [1.82, 2.24) is 4.98 Å². The maximum atomic E-state index is 9.78. The zero-order valence-corrected chi connectivity index (χ0v) is 15.6. The Labute approximate surface area is 168 Å². The Hall–Kier alpha value is -3.98. The molecule has 0 unspecified atom stereocenters. The number of aromatic hydroxyl groups is 2. The van der Waals surface area contributed by atoms with Gasteiger partial charge in [0, 0.05) is 16.5 Å². The Morgan fingerprint density at radius 2 is 1.14 bits per heavy atom. The topological polar surface area (TPSA) is 56.2 Å². The van der Waals surface area contributed by atoms with E-state index in [0.29, 0.717) is 0 Å². The van der Waals surface area contributed by atoms with E-state index in [1.165, 1.54) is 0 Å². The molecule has 1 heterocycles. The fourth-order valence-electron chi connectivity index (χ4n) is 3.87. The molecular formula is C26H19NO2. The maximum absolute atomic E-state index is 9.78. The summed E-state index contributed by atoms with van der Waals surface area (Å²) in [5.41, 5.74) is 7.42. The molecule has 5 rings (SSSR count). The molecule has 3 heteroatoms. The lowest BCUT2D eigenvalue weighted by Crippen LogP contribution is -1.84. The first-order chi connectivity index (χ1) is 14.2. The van der Waals surface area contributed by atoms with Gasteiger partial charge in [0.05, 0.1) is 5.69 Å². The molecule has 0 saturated carbocycles. The van der Waals surface area contributed by atoms with E-state index in [-0.39, 0.29) is 11.5 Å². The molecule has 1 aromatic heterocycles. The molecule has 0 spiro atoms. The van der Waals surface area contributed by atoms with Crippen LogP contribution < -0.4 is 0 Å². The third kappa shape index (κ3) is 3.03. The van der Waals surface area contributed by atoms with Gasteiger partial charge in [0.15, 0.2) is 0 Å². The number of H-pyrrole nitrogens is 1. The Kier molecular flexibility index (Phi) is 4.07. The predicted molar refractivity (Wildman–Crippen MR) is 118 cm³/mol. The lowest BCUT2D eigenvalue weighted by Gasteiger charge is -2.10. The van der Waals surface area contributed by atoms with Crippen molar-refractivity contribution >= 4 is 10.9 Å². The van der Waals surface area contributed by atoms with Gasteiger partial charge in [0.25, 0.3) is 0 Å². The first kappa shape index (κ1) is 17.1. The standard InChI is InChI=1S/C26H19NO2/c28-20-13-9-17(10-14-20)22-7-4-8-23-25(22)24(18-11-15-21(29)16-12-18)26(27-23)19-5-2-1-3-6-19/h1-16,27-29H. The van der Waals surface area contributed by atoms with Crippen LogP contribution in [0.5, 0.6) is 11.5 Å². The van der Waals surface area contributed by atoms with E-state index in [2.05, 4.69) is 29.2 Å². The monoisotopic (exact) mass is 377 g/mol. The summed E-state index contributed by atoms with van der Waals surface area (Å²) in [4.78, 5) is 3.60. The Morgan fingerprint density at radius 3 is 1.79 bits per heavy atom. The molecular weight excluding hydrogens is 358 g/mol. The van der Waals surface area contributed by atoms with Crippen molar-refractivity contribution < 1.29 is 10.2 Å². The molecule has 0 amide bonds. The van der Waals surface area contributed by atoms with Crippen LogP contribution in [0, 0.1) is 0 Å². The predicted octanol–water partition coefficient (Wildman–Crippen LogP) is 6.58. The molecule has 0 radical (unpaired) electrons. The fraction of sp³-hybridized carbons (Fsp3) is 0. The molecule has 0 aliphatic carbocycles. The Balaban J connectivity index is 1.86. The minimum Gasteiger partial charge on any atom is -0.508 e. The highest BCUT2D eigenvalue weighted by atomic mass is 16.3. The summed E-state index contributed by atoms with van der Waals surface area (Å²) in [7, 11) is 0. The van der Waals surface area contributed by atoms with E-state index in [1.54, 1.807) is 24.3 Å². The SMILES string of the molecule is Oc1ccc(-c2cccc3[nH]c(-c4ccccc4)c(-c4ccc(O)cc4)c23)cc1. The van der Waals surface area contributed by atoms with E-state index in [1.807, 2.05) is 48.5 Å². The number of hydrogen-bond acceptors (Lipinski definition) is 2. The first-order valence-electron chi connectivity index (χ1n) is 9.49. The minimum atomic E-state index is 0.244. The molecule has 3 nitrogen and oxygen atoms in total. The lowest BCUT2D eigenvalue weighted by atomic mass is 9.93. The van der Waals surface area contributed by atoms with Gasteiger partial charge in [-0.1, -0.05) is 66.7 Å². The summed E-state index contributed by atoms with van der Waals surface area (Å²) < 4.78 is 0. The van der Waals surface area contributed by atoms with E-state index in [0.717, 1.165) is 44.4 Å². The summed E-state index contributed by atoms with van der Waals surface area (Å²) >= 11 is 0. The van der Waals surface area contributed by atoms with Crippen LogP contribution in [0.15, 0.2) is 97.1 Å². The van der Waals surface area contributed by atoms with Gasteiger partial charge >= 0.3 is 0 Å². The molecule has 140 valence electrons. The van der Waals surface area contributed by atoms with Crippen molar-refractivity contribution in [2.24, 2.45) is 0 Å². The summed E-state index contributed by atoms with van der Waals surface area (Å²) in [6.07, 6.45) is 0. The van der Waals surface area contributed by atoms with Crippen LogP contribution in [0.2, 0.25) is 0 Å². The van der Waals surface area contributed by atoms with Crippen molar-refractivity contribution in [2.75, 3.05) is 0 Å². The van der Waals surface area contributed by atoms with Crippen molar-refractivity contribution in [3.63, 3.8) is 0 Å². The molecule has 4 aromatic carbocycles. The van der Waals surface area contributed by atoms with E-state index >= 15 is 0 Å². The molecule has 3 N–H and O–H groups in total. The maximum Gasteiger partial charge on any atom is 0.115 e. The second kappa shape index (κ2) is 6.88. The zero-order valence-electron chi connectivity index (χ0n) is 15.6. The van der Waals surface area contributed by atoms with Crippen molar-refractivity contribution in [2.45, 2.75) is 0 Å². The van der Waals surface area contributed by atoms with Gasteiger partial charge < -0.3 is 15.2 Å². The number of aromatic amines is 1. The zero-order chi connectivity index (χ0) is 19.8. The summed E-state index contributed by atoms with van der Waals surface area (Å²) in [6.45, 7) is 0. The van der Waals surface area contributed by atoms with Gasteiger partial charge in [-0.2, -0.15) is 0 Å². The fourth-order valence-corrected chi connectivity index (χ4v) is 3.87. The molecule has 0 fully saturated rings. The normalized spacial score (nSPS) is 11.0. The molecule has 0 bridgehead atoms. The van der Waals surface area contributed by atoms with Crippen molar-refractivity contribution in [3.05, 3.63) is 97.1 Å². The number of rotatable bonds is 3. The Morgan fingerprint density at radius 1 is 0.517 bits per heavy atom. The number of hydrogen-bond donors (Lipinski definition) is 3. The molecule has 0 aliphatic heterocycles. The smallest absolute Gasteiger partial charge is 0.115 e. The van der Waals surface area contributed by atoms with Gasteiger partial charge in [0.1, 0.15) is 11.5 Å². The van der Waals surface area contributed by atoms with Crippen LogP contribution in [0.25, 0.3) is 44.4 Å². The average Bonchev–Trinajstić information content (AvgIpc) is 3.15. The second-order valence-electron chi connectivity index (χ2n) is 7.06. The third-order valence-corrected chi connectivity index (χ3v) is 5.22. The number of fused-ring (bicyclic) bond motifs is 1. The van der Waals surface area contributed by atoms with Crippen LogP contribution in [0.3, 0.4) is 0 Å². The van der Waals surface area contributed by atoms with Gasteiger partial charge in [-0.05, 0) is 52.6 Å². The minimum absolute atomic E-state index is 0.244. The van der Waals surface area contributed by atoms with Gasteiger partial charge in [0.2, 0.25) is 0 Å². The highest BCUT2D eigenvalue weighted by molar-refractivity contribution is 6.11. The van der Waals surface area contributed by atoms with Crippen LogP contribution in [0.4, 0.5) is 0 Å². The quantitative estimate of drug-likeness (QED) is 0.333. The van der Waals surface area contributed by atoms with Gasteiger partial charge in [-0.25, -0.2) is 0 Å². The molecule has 5 aromatic rings. The van der Waals surface area contributed by atoms with E-state index in [9.17, 15) is 10.2 Å². The number of nitrogens with one attached hydrogen (secondary N) is 1. The Bertz CT molecular complexity index is 1280. The van der Waals surface area contributed by atoms with Gasteiger partial charge in [-0.3, -0.25) is 0 Å². The molecule has 0 saturated heterocycles. The summed E-state index contributed by atoms with van der Waals surface area (Å²) in [5.74, 6) is 0.493. The number of aromatic nitrogens is 1. The molecule has 0 aliphatic rings. The summed E-state index contributed by atoms with van der Waals surface area (Å²) in [6, 6.07) is 31.1. The number of benzene rings is 4. The van der Waals surface area contributed by atoms with Crippen LogP contribution in [-0.4, -0.2) is 15.2 Å². The lowest BCUT2D eigenvalue weighted by molar-refractivity contribution is 0.475. The number of phenolic OH excluding ortho intramolecular Hbond substituents is 2. The van der Waals surface area contributed by atoms with Crippen LogP contribution in [0.1, 0.15) is 0 Å². The van der Waals surface area contributed by atoms with E-state index < -0.39 is 0 Å². The molecule has 29 heavy (non-hydrogen) atoms. The number of phenols is 2.